The van der Waals surface area contributed by atoms with Crippen molar-refractivity contribution in [1.82, 2.24) is 15.2 Å². The second-order valence-electron chi connectivity index (χ2n) is 8.10. The number of thiazole rings is 1. The number of nitrogens with one attached hydrogen (secondary N) is 1. The van der Waals surface area contributed by atoms with E-state index < -0.39 is 0 Å². The van der Waals surface area contributed by atoms with E-state index in [1.807, 2.05) is 38.3 Å². The van der Waals surface area contributed by atoms with Crippen LogP contribution in [0.1, 0.15) is 42.2 Å². The predicted octanol–water partition coefficient (Wildman–Crippen LogP) is 6.05. The van der Waals surface area contributed by atoms with Gasteiger partial charge in [-0.1, -0.05) is 0 Å². The number of nitrogens with zero attached hydrogens (tertiary/aromatic N) is 3. The Morgan fingerprint density at radius 2 is 1.86 bits per heavy atom. The number of amides is 1. The van der Waals surface area contributed by atoms with Gasteiger partial charge >= 0.3 is 0 Å². The molecule has 0 spiro atoms. The van der Waals surface area contributed by atoms with Crippen molar-refractivity contribution in [3.8, 4) is 28.7 Å². The fourth-order valence-electron chi connectivity index (χ4n) is 3.35. The molecule has 2 heterocycles. The number of aromatic nitrogens is 3. The highest BCUT2D eigenvalue weighted by atomic mass is 32.1. The second kappa shape index (κ2) is 11.8. The summed E-state index contributed by atoms with van der Waals surface area (Å²) in [6.45, 7) is 8.67. The van der Waals surface area contributed by atoms with Crippen LogP contribution in [0.2, 0.25) is 0 Å². The van der Waals surface area contributed by atoms with Crippen molar-refractivity contribution < 1.29 is 23.4 Å². The number of carbonyl (C=O) groups is 1. The molecule has 0 saturated heterocycles. The summed E-state index contributed by atoms with van der Waals surface area (Å²) in [7, 11) is 0. The number of hydrogen-bond donors (Lipinski definition) is 1. The Hall–Kier alpha value is -3.76. The van der Waals surface area contributed by atoms with Crippen molar-refractivity contribution in [2.24, 2.45) is 0 Å². The topological polar surface area (TPSA) is 109 Å². The summed E-state index contributed by atoms with van der Waals surface area (Å²) in [4.78, 5) is 17.3. The van der Waals surface area contributed by atoms with Gasteiger partial charge in [0.15, 0.2) is 5.13 Å². The number of ether oxygens (including phenoxy) is 3. The normalized spacial score (nSPS) is 11.8. The maximum Gasteiger partial charge on any atom is 0.257 e. The van der Waals surface area contributed by atoms with Crippen molar-refractivity contribution in [3.63, 3.8) is 0 Å². The summed E-state index contributed by atoms with van der Waals surface area (Å²) in [5.41, 5.74) is 2.02. The van der Waals surface area contributed by atoms with Crippen LogP contribution in [-0.4, -0.2) is 40.4 Å². The van der Waals surface area contributed by atoms with E-state index in [1.165, 1.54) is 11.3 Å². The van der Waals surface area contributed by atoms with E-state index in [4.69, 9.17) is 18.6 Å². The molecular weight excluding hydrogens is 480 g/mol. The summed E-state index contributed by atoms with van der Waals surface area (Å²) >= 11 is 1.37. The number of carbonyl (C=O) groups excluding carboxylic acids is 1. The molecule has 1 amide bonds. The van der Waals surface area contributed by atoms with E-state index >= 15 is 0 Å². The molecule has 0 aliphatic heterocycles. The van der Waals surface area contributed by atoms with E-state index in [9.17, 15) is 4.79 Å². The smallest absolute Gasteiger partial charge is 0.257 e. The average molecular weight is 509 g/mol. The van der Waals surface area contributed by atoms with Gasteiger partial charge in [0.05, 0.1) is 18.4 Å². The lowest BCUT2D eigenvalue weighted by Gasteiger charge is -2.14. The number of benzene rings is 2. The zero-order valence-corrected chi connectivity index (χ0v) is 21.4. The maximum atomic E-state index is 13.0. The van der Waals surface area contributed by atoms with Gasteiger partial charge in [-0.3, -0.25) is 10.1 Å². The quantitative estimate of drug-likeness (QED) is 0.261. The Kier molecular flexibility index (Phi) is 8.29. The molecular formula is C26H28N4O5S. The zero-order valence-electron chi connectivity index (χ0n) is 20.6. The zero-order chi connectivity index (χ0) is 25.5. The van der Waals surface area contributed by atoms with E-state index in [0.29, 0.717) is 52.9 Å². The molecule has 1 N–H and O–H groups in total. The molecule has 9 nitrogen and oxygen atoms in total. The monoisotopic (exact) mass is 508 g/mol. The Balaban J connectivity index is 1.52. The van der Waals surface area contributed by atoms with Gasteiger partial charge in [0, 0.05) is 42.5 Å². The van der Waals surface area contributed by atoms with Crippen molar-refractivity contribution in [1.29, 1.82) is 0 Å². The standard InChI is InChI=1S/C26H28N4O5S/c1-5-32-17(3)10-11-33-22-12-20(24(31)28-26-27-16(2)15-36-26)13-23(14-22)35-21-8-6-19(7-9-21)25-30-29-18(4)34-25/h6-9,12-15,17H,5,10-11H2,1-4H3,(H,27,28,31). The van der Waals surface area contributed by atoms with Crippen LogP contribution in [0.3, 0.4) is 0 Å². The molecule has 1 atom stereocenters. The summed E-state index contributed by atoms with van der Waals surface area (Å²) in [6.07, 6.45) is 0.793. The Morgan fingerprint density at radius 1 is 1.08 bits per heavy atom. The van der Waals surface area contributed by atoms with Gasteiger partial charge in [-0.05, 0) is 57.2 Å². The minimum absolute atomic E-state index is 0.0755. The molecule has 0 aliphatic carbocycles. The van der Waals surface area contributed by atoms with E-state index in [0.717, 1.165) is 17.7 Å². The molecule has 0 aliphatic rings. The lowest BCUT2D eigenvalue weighted by molar-refractivity contribution is 0.0596. The number of hydrogen-bond acceptors (Lipinski definition) is 9. The Bertz CT molecular complexity index is 1300. The van der Waals surface area contributed by atoms with Gasteiger partial charge in [-0.15, -0.1) is 21.5 Å². The SMILES string of the molecule is CCOC(C)CCOc1cc(Oc2ccc(-c3nnc(C)o3)cc2)cc(C(=O)Nc2nc(C)cs2)c1. The first kappa shape index (κ1) is 25.3. The summed E-state index contributed by atoms with van der Waals surface area (Å²) in [6, 6.07) is 12.4. The van der Waals surface area contributed by atoms with Crippen molar-refractivity contribution in [3.05, 3.63) is 65.0 Å². The fraction of sp³-hybridized carbons (Fsp3) is 0.308. The van der Waals surface area contributed by atoms with Crippen LogP contribution in [0, 0.1) is 13.8 Å². The number of rotatable bonds is 11. The highest BCUT2D eigenvalue weighted by Crippen LogP contribution is 2.30. The van der Waals surface area contributed by atoms with Crippen molar-refractivity contribution in [2.45, 2.75) is 40.2 Å². The molecule has 0 radical (unpaired) electrons. The molecule has 0 bridgehead atoms. The molecule has 1 unspecified atom stereocenters. The molecule has 2 aromatic heterocycles. The summed E-state index contributed by atoms with van der Waals surface area (Å²) in [5, 5.41) is 13.1. The van der Waals surface area contributed by atoms with E-state index in [1.54, 1.807) is 37.3 Å². The molecule has 0 saturated carbocycles. The van der Waals surface area contributed by atoms with Gasteiger partial charge < -0.3 is 18.6 Å². The molecule has 0 fully saturated rings. The number of aryl methyl sites for hydroxylation is 2. The lowest BCUT2D eigenvalue weighted by atomic mass is 10.2. The average Bonchev–Trinajstić information content (AvgIpc) is 3.47. The van der Waals surface area contributed by atoms with Gasteiger partial charge in [0.25, 0.3) is 5.91 Å². The molecule has 2 aromatic carbocycles. The number of anilines is 1. The van der Waals surface area contributed by atoms with Crippen LogP contribution in [0.5, 0.6) is 17.2 Å². The van der Waals surface area contributed by atoms with Crippen molar-refractivity contribution >= 4 is 22.4 Å². The van der Waals surface area contributed by atoms with Crippen LogP contribution < -0.4 is 14.8 Å². The Labute approximate surface area is 213 Å². The molecule has 10 heteroatoms. The summed E-state index contributed by atoms with van der Waals surface area (Å²) in [5.74, 6) is 2.20. The van der Waals surface area contributed by atoms with Crippen LogP contribution in [0.25, 0.3) is 11.5 Å². The first-order chi connectivity index (χ1) is 17.4. The van der Waals surface area contributed by atoms with Gasteiger partial charge in [0.2, 0.25) is 11.8 Å². The van der Waals surface area contributed by atoms with E-state index in [2.05, 4.69) is 20.5 Å². The molecule has 4 rings (SSSR count). The fourth-order valence-corrected chi connectivity index (χ4v) is 4.03. The predicted molar refractivity (Wildman–Crippen MR) is 137 cm³/mol. The Morgan fingerprint density at radius 3 is 2.53 bits per heavy atom. The molecule has 188 valence electrons. The molecule has 4 aromatic rings. The van der Waals surface area contributed by atoms with Crippen LogP contribution >= 0.6 is 11.3 Å². The third-order valence-electron chi connectivity index (χ3n) is 5.09. The minimum atomic E-state index is -0.301. The first-order valence-corrected chi connectivity index (χ1v) is 12.5. The lowest BCUT2D eigenvalue weighted by Crippen LogP contribution is -2.14. The van der Waals surface area contributed by atoms with Gasteiger partial charge in [-0.2, -0.15) is 0 Å². The molecule has 36 heavy (non-hydrogen) atoms. The van der Waals surface area contributed by atoms with Gasteiger partial charge in [-0.25, -0.2) is 4.98 Å². The second-order valence-corrected chi connectivity index (χ2v) is 8.96. The van der Waals surface area contributed by atoms with Crippen LogP contribution in [0.15, 0.2) is 52.3 Å². The van der Waals surface area contributed by atoms with Crippen molar-refractivity contribution in [2.75, 3.05) is 18.5 Å². The van der Waals surface area contributed by atoms with Crippen LogP contribution in [-0.2, 0) is 4.74 Å². The highest BCUT2D eigenvalue weighted by molar-refractivity contribution is 7.13. The highest BCUT2D eigenvalue weighted by Gasteiger charge is 2.14. The van der Waals surface area contributed by atoms with Crippen LogP contribution in [0.4, 0.5) is 5.13 Å². The van der Waals surface area contributed by atoms with Gasteiger partial charge in [0.1, 0.15) is 17.2 Å². The third kappa shape index (κ3) is 6.89. The first-order valence-electron chi connectivity index (χ1n) is 11.6. The largest absolute Gasteiger partial charge is 0.493 e. The third-order valence-corrected chi connectivity index (χ3v) is 5.96. The van der Waals surface area contributed by atoms with E-state index in [-0.39, 0.29) is 12.0 Å². The maximum absolute atomic E-state index is 13.0. The summed E-state index contributed by atoms with van der Waals surface area (Å²) < 4.78 is 23.0. The minimum Gasteiger partial charge on any atom is -0.493 e.